The number of carbonyl (C=O) groups excluding carboxylic acids is 1. The molecule has 3 aromatic heterocycles. The van der Waals surface area contributed by atoms with Gasteiger partial charge >= 0.3 is 0 Å². The summed E-state index contributed by atoms with van der Waals surface area (Å²) in [5, 5.41) is 6.02. The summed E-state index contributed by atoms with van der Waals surface area (Å²) in [5.74, 6) is -0.168. The van der Waals surface area contributed by atoms with Gasteiger partial charge in [-0.3, -0.25) is 4.79 Å². The van der Waals surface area contributed by atoms with Crippen molar-refractivity contribution >= 4 is 28.6 Å². The first-order chi connectivity index (χ1) is 14.7. The third-order valence-corrected chi connectivity index (χ3v) is 5.62. The molecule has 0 radical (unpaired) electrons. The Morgan fingerprint density at radius 1 is 0.933 bits per heavy atom. The van der Waals surface area contributed by atoms with Crippen LogP contribution in [0.3, 0.4) is 0 Å². The Labute approximate surface area is 177 Å². The van der Waals surface area contributed by atoms with Gasteiger partial charge in [-0.15, -0.1) is 11.3 Å². The minimum Gasteiger partial charge on any atom is -0.322 e. The summed E-state index contributed by atoms with van der Waals surface area (Å²) >= 11 is 1.62. The Kier molecular flexibility index (Phi) is 4.61. The summed E-state index contributed by atoms with van der Waals surface area (Å²) < 4.78 is 1.92. The Morgan fingerprint density at radius 3 is 2.43 bits per heavy atom. The zero-order valence-electron chi connectivity index (χ0n) is 16.2. The molecule has 0 aliphatic carbocycles. The number of thiazole rings is 1. The van der Waals surface area contributed by atoms with Crippen LogP contribution in [-0.2, 0) is 0 Å². The molecule has 2 aromatic carbocycles. The van der Waals surface area contributed by atoms with Gasteiger partial charge in [0.15, 0.2) is 0 Å². The van der Waals surface area contributed by atoms with Crippen LogP contribution in [0.2, 0.25) is 0 Å². The molecule has 0 fully saturated rings. The predicted octanol–water partition coefficient (Wildman–Crippen LogP) is 5.69. The highest BCUT2D eigenvalue weighted by atomic mass is 32.1. The lowest BCUT2D eigenvalue weighted by atomic mass is 10.1. The molecular formula is C24H18N4OS. The number of hydrogen-bond donors (Lipinski definition) is 1. The second-order valence-electron chi connectivity index (χ2n) is 6.96. The minimum absolute atomic E-state index is 0.168. The maximum atomic E-state index is 12.7. The lowest BCUT2D eigenvalue weighted by Crippen LogP contribution is -2.12. The van der Waals surface area contributed by atoms with E-state index in [0.29, 0.717) is 5.56 Å². The Bertz CT molecular complexity index is 1340. The van der Waals surface area contributed by atoms with E-state index in [2.05, 4.69) is 15.3 Å². The van der Waals surface area contributed by atoms with Crippen molar-refractivity contribution in [3.8, 4) is 22.5 Å². The van der Waals surface area contributed by atoms with Crippen LogP contribution in [0.1, 0.15) is 15.4 Å². The molecule has 1 amide bonds. The zero-order chi connectivity index (χ0) is 20.5. The van der Waals surface area contributed by atoms with Gasteiger partial charge in [-0.1, -0.05) is 42.5 Å². The molecule has 0 atom stereocenters. The van der Waals surface area contributed by atoms with E-state index in [4.69, 9.17) is 0 Å². The molecule has 0 saturated carbocycles. The van der Waals surface area contributed by atoms with Crippen molar-refractivity contribution < 1.29 is 4.79 Å². The lowest BCUT2D eigenvalue weighted by molar-refractivity contribution is 0.102. The minimum atomic E-state index is -0.168. The van der Waals surface area contributed by atoms with Gasteiger partial charge in [0.1, 0.15) is 5.65 Å². The molecule has 146 valence electrons. The van der Waals surface area contributed by atoms with Gasteiger partial charge in [-0.25, -0.2) is 9.97 Å². The molecule has 5 aromatic rings. The molecule has 3 heterocycles. The highest BCUT2D eigenvalue weighted by Gasteiger charge is 2.10. The van der Waals surface area contributed by atoms with Crippen LogP contribution in [0.5, 0.6) is 0 Å². The molecule has 0 aliphatic heterocycles. The van der Waals surface area contributed by atoms with Crippen LogP contribution in [0, 0.1) is 6.92 Å². The van der Waals surface area contributed by atoms with Crippen molar-refractivity contribution in [2.24, 2.45) is 0 Å². The summed E-state index contributed by atoms with van der Waals surface area (Å²) in [7, 11) is 0. The molecular weight excluding hydrogens is 392 g/mol. The molecule has 0 spiro atoms. The molecule has 5 nitrogen and oxygen atoms in total. The van der Waals surface area contributed by atoms with Crippen molar-refractivity contribution in [3.63, 3.8) is 0 Å². The number of anilines is 1. The molecule has 6 heteroatoms. The normalized spacial score (nSPS) is 11.0. The largest absolute Gasteiger partial charge is 0.322 e. The predicted molar refractivity (Wildman–Crippen MR) is 121 cm³/mol. The number of fused-ring (bicyclic) bond motifs is 1. The number of imidazole rings is 1. The maximum Gasteiger partial charge on any atom is 0.255 e. The average Bonchev–Trinajstić information content (AvgIpc) is 3.40. The molecule has 0 unspecified atom stereocenters. The van der Waals surface area contributed by atoms with Crippen LogP contribution >= 0.6 is 11.3 Å². The summed E-state index contributed by atoms with van der Waals surface area (Å²) in [5.41, 5.74) is 5.94. The summed E-state index contributed by atoms with van der Waals surface area (Å²) in [6.45, 7) is 1.99. The van der Waals surface area contributed by atoms with Gasteiger partial charge < -0.3 is 9.72 Å². The van der Waals surface area contributed by atoms with Gasteiger partial charge in [-0.2, -0.15) is 0 Å². The fourth-order valence-corrected chi connectivity index (χ4v) is 3.92. The smallest absolute Gasteiger partial charge is 0.255 e. The van der Waals surface area contributed by atoms with Crippen molar-refractivity contribution in [2.75, 3.05) is 5.32 Å². The molecule has 0 bridgehead atoms. The number of hydrogen-bond acceptors (Lipinski definition) is 4. The quantitative estimate of drug-likeness (QED) is 0.414. The van der Waals surface area contributed by atoms with E-state index in [9.17, 15) is 4.79 Å². The van der Waals surface area contributed by atoms with Crippen molar-refractivity contribution in [2.45, 2.75) is 6.92 Å². The van der Waals surface area contributed by atoms with Crippen LogP contribution in [0.4, 0.5) is 5.69 Å². The topological polar surface area (TPSA) is 59.3 Å². The lowest BCUT2D eigenvalue weighted by Gasteiger charge is -2.06. The number of carbonyl (C=O) groups is 1. The standard InChI is InChI=1S/C24H18N4OS/c1-16-25-22(15-30-16)18-7-9-20(10-8-18)26-24(29)19-11-12-28-14-21(27-23(28)13-19)17-5-3-2-4-6-17/h2-15H,1H3,(H,26,29). The average molecular weight is 411 g/mol. The van der Waals surface area contributed by atoms with E-state index in [1.54, 1.807) is 23.5 Å². The molecule has 30 heavy (non-hydrogen) atoms. The van der Waals surface area contributed by atoms with Crippen molar-refractivity contribution in [3.05, 3.63) is 95.1 Å². The van der Waals surface area contributed by atoms with Gasteiger partial charge in [0.25, 0.3) is 5.91 Å². The van der Waals surface area contributed by atoms with E-state index in [-0.39, 0.29) is 5.91 Å². The van der Waals surface area contributed by atoms with Crippen LogP contribution in [-0.4, -0.2) is 20.3 Å². The first-order valence-electron chi connectivity index (χ1n) is 9.54. The summed E-state index contributed by atoms with van der Waals surface area (Å²) in [6.07, 6.45) is 3.82. The second kappa shape index (κ2) is 7.57. The van der Waals surface area contributed by atoms with E-state index in [1.165, 1.54) is 0 Å². The second-order valence-corrected chi connectivity index (χ2v) is 8.02. The Hall–Kier alpha value is -3.77. The molecule has 0 saturated heterocycles. The summed E-state index contributed by atoms with van der Waals surface area (Å²) in [6, 6.07) is 21.3. The first-order valence-corrected chi connectivity index (χ1v) is 10.4. The van der Waals surface area contributed by atoms with E-state index in [1.807, 2.05) is 83.7 Å². The number of nitrogens with zero attached hydrogens (tertiary/aromatic N) is 3. The van der Waals surface area contributed by atoms with E-state index < -0.39 is 0 Å². The van der Waals surface area contributed by atoms with Crippen molar-refractivity contribution in [1.29, 1.82) is 0 Å². The number of aromatic nitrogens is 3. The van der Waals surface area contributed by atoms with Gasteiger partial charge in [0, 0.05) is 40.2 Å². The molecule has 0 aliphatic rings. The number of pyridine rings is 1. The van der Waals surface area contributed by atoms with Crippen LogP contribution in [0.25, 0.3) is 28.2 Å². The number of benzene rings is 2. The van der Waals surface area contributed by atoms with E-state index >= 15 is 0 Å². The van der Waals surface area contributed by atoms with Crippen LogP contribution in [0.15, 0.2) is 84.5 Å². The Balaban J connectivity index is 1.35. The fourth-order valence-electron chi connectivity index (χ4n) is 3.29. The van der Waals surface area contributed by atoms with Gasteiger partial charge in [0.05, 0.1) is 16.4 Å². The summed E-state index contributed by atoms with van der Waals surface area (Å²) in [4.78, 5) is 21.9. The number of nitrogens with one attached hydrogen (secondary N) is 1. The third-order valence-electron chi connectivity index (χ3n) is 4.85. The van der Waals surface area contributed by atoms with Crippen LogP contribution < -0.4 is 5.32 Å². The monoisotopic (exact) mass is 410 g/mol. The number of aryl methyl sites for hydroxylation is 1. The van der Waals surface area contributed by atoms with E-state index in [0.717, 1.165) is 38.9 Å². The third kappa shape index (κ3) is 3.60. The highest BCUT2D eigenvalue weighted by molar-refractivity contribution is 7.09. The zero-order valence-corrected chi connectivity index (χ0v) is 17.1. The number of rotatable bonds is 4. The highest BCUT2D eigenvalue weighted by Crippen LogP contribution is 2.24. The molecule has 5 rings (SSSR count). The SMILES string of the molecule is Cc1nc(-c2ccc(NC(=O)c3ccn4cc(-c5ccccc5)nc4c3)cc2)cs1. The fraction of sp³-hybridized carbons (Fsp3) is 0.0417. The number of amides is 1. The maximum absolute atomic E-state index is 12.7. The Morgan fingerprint density at radius 2 is 1.70 bits per heavy atom. The molecule has 1 N–H and O–H groups in total. The van der Waals surface area contributed by atoms with Crippen molar-refractivity contribution in [1.82, 2.24) is 14.4 Å². The first kappa shape index (κ1) is 18.3. The van der Waals surface area contributed by atoms with Gasteiger partial charge in [0.2, 0.25) is 0 Å². The van der Waals surface area contributed by atoms with Gasteiger partial charge in [-0.05, 0) is 31.2 Å².